The Kier molecular flexibility index (Phi) is 3.46. The minimum absolute atomic E-state index is 0.141. The molecule has 0 spiro atoms. The molecule has 1 N–H and O–H groups in total. The summed E-state index contributed by atoms with van der Waals surface area (Å²) >= 11 is 0. The van der Waals surface area contributed by atoms with E-state index in [0.29, 0.717) is 12.2 Å². The lowest BCUT2D eigenvalue weighted by Crippen LogP contribution is -2.14. The average Bonchev–Trinajstić information content (AvgIpc) is 2.37. The van der Waals surface area contributed by atoms with Gasteiger partial charge in [-0.05, 0) is 38.5 Å². The number of hydrogen-bond donors (Lipinski definition) is 1. The molecule has 4 heteroatoms. The van der Waals surface area contributed by atoms with Gasteiger partial charge in [-0.3, -0.25) is 4.79 Å². The van der Waals surface area contributed by atoms with E-state index in [0.717, 1.165) is 22.6 Å². The Bertz CT molecular complexity index is 617. The highest BCUT2D eigenvalue weighted by Crippen LogP contribution is 2.24. The van der Waals surface area contributed by atoms with Crippen molar-refractivity contribution in [1.29, 1.82) is 0 Å². The second kappa shape index (κ2) is 5.04. The molecule has 0 aliphatic heterocycles. The molecule has 1 heterocycles. The molecule has 2 rings (SSSR count). The highest BCUT2D eigenvalue weighted by Gasteiger charge is 2.09. The normalized spacial score (nSPS) is 10.4. The van der Waals surface area contributed by atoms with Crippen LogP contribution >= 0.6 is 0 Å². The molecule has 0 bridgehead atoms. The lowest BCUT2D eigenvalue weighted by atomic mass is 10.0. The standard InChI is InChI=1S/C14H16N2O2/c1-4-18-12-7-5-6-11(8-12)13-9(2)10(3)14(17)16-15-13/h5-8H,4H2,1-3H3,(H,16,17). The van der Waals surface area contributed by atoms with E-state index in [1.165, 1.54) is 0 Å². The summed E-state index contributed by atoms with van der Waals surface area (Å²) in [6.07, 6.45) is 0. The zero-order valence-corrected chi connectivity index (χ0v) is 10.8. The van der Waals surface area contributed by atoms with Crippen LogP contribution in [0.25, 0.3) is 11.3 Å². The van der Waals surface area contributed by atoms with Gasteiger partial charge < -0.3 is 4.74 Å². The Hall–Kier alpha value is -2.10. The van der Waals surface area contributed by atoms with Crippen LogP contribution < -0.4 is 10.3 Å². The molecule has 0 fully saturated rings. The van der Waals surface area contributed by atoms with Crippen LogP contribution in [0.4, 0.5) is 0 Å². The number of ether oxygens (including phenoxy) is 1. The number of hydrogen-bond acceptors (Lipinski definition) is 3. The summed E-state index contributed by atoms with van der Waals surface area (Å²) < 4.78 is 5.46. The van der Waals surface area contributed by atoms with E-state index in [2.05, 4.69) is 10.2 Å². The van der Waals surface area contributed by atoms with Crippen molar-refractivity contribution in [3.05, 3.63) is 45.7 Å². The van der Waals surface area contributed by atoms with Crippen LogP contribution in [0.3, 0.4) is 0 Å². The number of aromatic nitrogens is 2. The quantitative estimate of drug-likeness (QED) is 0.902. The molecule has 1 aromatic heterocycles. The Morgan fingerprint density at radius 3 is 2.78 bits per heavy atom. The molecule has 0 aliphatic carbocycles. The van der Waals surface area contributed by atoms with Crippen molar-refractivity contribution >= 4 is 0 Å². The molecule has 94 valence electrons. The van der Waals surface area contributed by atoms with E-state index in [-0.39, 0.29) is 5.56 Å². The molecule has 0 radical (unpaired) electrons. The van der Waals surface area contributed by atoms with Gasteiger partial charge >= 0.3 is 0 Å². The van der Waals surface area contributed by atoms with Gasteiger partial charge in [0.25, 0.3) is 5.56 Å². The first kappa shape index (κ1) is 12.4. The van der Waals surface area contributed by atoms with E-state index in [1.54, 1.807) is 6.92 Å². The van der Waals surface area contributed by atoms with Crippen molar-refractivity contribution in [3.63, 3.8) is 0 Å². The van der Waals surface area contributed by atoms with Crippen molar-refractivity contribution in [2.24, 2.45) is 0 Å². The number of nitrogens with one attached hydrogen (secondary N) is 1. The van der Waals surface area contributed by atoms with Crippen LogP contribution in [0.2, 0.25) is 0 Å². The van der Waals surface area contributed by atoms with Gasteiger partial charge in [0.1, 0.15) is 5.75 Å². The third kappa shape index (κ3) is 2.27. The largest absolute Gasteiger partial charge is 0.494 e. The van der Waals surface area contributed by atoms with Gasteiger partial charge in [-0.25, -0.2) is 5.10 Å². The van der Waals surface area contributed by atoms with Crippen LogP contribution in [0.5, 0.6) is 5.75 Å². The fourth-order valence-electron chi connectivity index (χ4n) is 1.80. The van der Waals surface area contributed by atoms with Crippen LogP contribution in [0.15, 0.2) is 29.1 Å². The number of rotatable bonds is 3. The Morgan fingerprint density at radius 1 is 1.28 bits per heavy atom. The molecule has 2 aromatic rings. The van der Waals surface area contributed by atoms with E-state index in [9.17, 15) is 4.79 Å². The van der Waals surface area contributed by atoms with Crippen molar-refractivity contribution in [3.8, 4) is 17.0 Å². The summed E-state index contributed by atoms with van der Waals surface area (Å²) in [5, 5.41) is 6.63. The molecule has 1 aromatic carbocycles. The first-order valence-electron chi connectivity index (χ1n) is 5.92. The highest BCUT2D eigenvalue weighted by atomic mass is 16.5. The molecular weight excluding hydrogens is 228 g/mol. The number of aromatic amines is 1. The van der Waals surface area contributed by atoms with E-state index in [1.807, 2.05) is 38.1 Å². The van der Waals surface area contributed by atoms with Crippen molar-refractivity contribution in [2.75, 3.05) is 6.61 Å². The molecular formula is C14H16N2O2. The minimum Gasteiger partial charge on any atom is -0.494 e. The number of benzene rings is 1. The van der Waals surface area contributed by atoms with Crippen LogP contribution in [-0.2, 0) is 0 Å². The highest BCUT2D eigenvalue weighted by molar-refractivity contribution is 5.64. The summed E-state index contributed by atoms with van der Waals surface area (Å²) in [5.74, 6) is 0.806. The SMILES string of the molecule is CCOc1cccc(-c2n[nH]c(=O)c(C)c2C)c1. The summed E-state index contributed by atoms with van der Waals surface area (Å²) in [5.41, 5.74) is 3.18. The predicted molar refractivity (Wildman–Crippen MR) is 70.9 cm³/mol. The second-order valence-corrected chi connectivity index (χ2v) is 4.11. The summed E-state index contributed by atoms with van der Waals surface area (Å²) in [4.78, 5) is 11.5. The third-order valence-corrected chi connectivity index (χ3v) is 2.95. The maximum Gasteiger partial charge on any atom is 0.267 e. The van der Waals surface area contributed by atoms with Gasteiger partial charge in [-0.2, -0.15) is 5.10 Å². The van der Waals surface area contributed by atoms with E-state index in [4.69, 9.17) is 4.74 Å². The maximum atomic E-state index is 11.5. The first-order valence-corrected chi connectivity index (χ1v) is 5.92. The Balaban J connectivity index is 2.52. The molecule has 18 heavy (non-hydrogen) atoms. The zero-order valence-electron chi connectivity index (χ0n) is 10.8. The maximum absolute atomic E-state index is 11.5. The average molecular weight is 244 g/mol. The topological polar surface area (TPSA) is 55.0 Å². The molecule has 0 saturated heterocycles. The lowest BCUT2D eigenvalue weighted by Gasteiger charge is -2.08. The van der Waals surface area contributed by atoms with E-state index < -0.39 is 0 Å². The Morgan fingerprint density at radius 2 is 2.06 bits per heavy atom. The number of nitrogens with zero attached hydrogens (tertiary/aromatic N) is 1. The van der Waals surface area contributed by atoms with Gasteiger partial charge in [0.2, 0.25) is 0 Å². The van der Waals surface area contributed by atoms with Crippen molar-refractivity contribution < 1.29 is 4.74 Å². The Labute approximate surface area is 106 Å². The monoisotopic (exact) mass is 244 g/mol. The minimum atomic E-state index is -0.141. The predicted octanol–water partition coefficient (Wildman–Crippen LogP) is 2.45. The molecule has 4 nitrogen and oxygen atoms in total. The van der Waals surface area contributed by atoms with Crippen molar-refractivity contribution in [2.45, 2.75) is 20.8 Å². The van der Waals surface area contributed by atoms with Crippen molar-refractivity contribution in [1.82, 2.24) is 10.2 Å². The molecule has 0 unspecified atom stereocenters. The fraction of sp³-hybridized carbons (Fsp3) is 0.286. The van der Waals surface area contributed by atoms with Crippen LogP contribution in [0.1, 0.15) is 18.1 Å². The summed E-state index contributed by atoms with van der Waals surface area (Å²) in [7, 11) is 0. The lowest BCUT2D eigenvalue weighted by molar-refractivity contribution is 0.340. The molecule has 0 amide bonds. The van der Waals surface area contributed by atoms with Gasteiger partial charge in [0.15, 0.2) is 0 Å². The van der Waals surface area contributed by atoms with Gasteiger partial charge in [0.05, 0.1) is 12.3 Å². The van der Waals surface area contributed by atoms with Gasteiger partial charge in [-0.1, -0.05) is 12.1 Å². The first-order chi connectivity index (χ1) is 8.63. The summed E-state index contributed by atoms with van der Waals surface area (Å²) in [6, 6.07) is 7.70. The van der Waals surface area contributed by atoms with Crippen LogP contribution in [-0.4, -0.2) is 16.8 Å². The van der Waals surface area contributed by atoms with Gasteiger partial charge in [-0.15, -0.1) is 0 Å². The fourth-order valence-corrected chi connectivity index (χ4v) is 1.80. The second-order valence-electron chi connectivity index (χ2n) is 4.11. The molecule has 0 aliphatic rings. The molecule has 0 atom stereocenters. The van der Waals surface area contributed by atoms with Crippen LogP contribution in [0, 0.1) is 13.8 Å². The van der Waals surface area contributed by atoms with E-state index >= 15 is 0 Å². The molecule has 0 saturated carbocycles. The zero-order chi connectivity index (χ0) is 13.1. The van der Waals surface area contributed by atoms with Gasteiger partial charge in [0, 0.05) is 11.1 Å². The smallest absolute Gasteiger partial charge is 0.267 e. The third-order valence-electron chi connectivity index (χ3n) is 2.95. The summed E-state index contributed by atoms with van der Waals surface area (Å²) in [6.45, 7) is 6.27. The number of H-pyrrole nitrogens is 1.